The molecule has 0 bridgehead atoms. The molecule has 0 saturated carbocycles. The Morgan fingerprint density at radius 3 is 2.32 bits per heavy atom. The number of hydrogen-bond acceptors (Lipinski definition) is 3. The van der Waals surface area contributed by atoms with Crippen LogP contribution in [0, 0.1) is 0 Å². The highest BCUT2D eigenvalue weighted by atomic mass is 16.5. The van der Waals surface area contributed by atoms with Gasteiger partial charge in [0.25, 0.3) is 0 Å². The molecule has 0 aromatic heterocycles. The summed E-state index contributed by atoms with van der Waals surface area (Å²) in [5.74, 6) is -0.761. The Kier molecular flexibility index (Phi) is 4.91. The van der Waals surface area contributed by atoms with Crippen molar-refractivity contribution >= 4 is 16.7 Å². The lowest BCUT2D eigenvalue weighted by Crippen LogP contribution is -2.44. The van der Waals surface area contributed by atoms with Crippen molar-refractivity contribution in [3.8, 4) is 11.5 Å². The van der Waals surface area contributed by atoms with Crippen molar-refractivity contribution < 1.29 is 19.7 Å². The van der Waals surface area contributed by atoms with Crippen LogP contribution in [0.2, 0.25) is 0 Å². The first-order valence-corrected chi connectivity index (χ1v) is 7.67. The molecule has 0 fully saturated rings. The van der Waals surface area contributed by atoms with Gasteiger partial charge in [0.1, 0.15) is 0 Å². The second-order valence-corrected chi connectivity index (χ2v) is 5.53. The number of ether oxygens (including phenoxy) is 1. The first kappa shape index (κ1) is 16.1. The van der Waals surface area contributed by atoms with Crippen LogP contribution in [0.1, 0.15) is 39.5 Å². The molecule has 0 radical (unpaired) electrons. The fraction of sp³-hybridized carbons (Fsp3) is 0.389. The lowest BCUT2D eigenvalue weighted by molar-refractivity contribution is -0.157. The molecule has 0 amide bonds. The summed E-state index contributed by atoms with van der Waals surface area (Å²) in [6, 6.07) is 10.9. The highest BCUT2D eigenvalue weighted by molar-refractivity contribution is 5.90. The monoisotopic (exact) mass is 302 g/mol. The summed E-state index contributed by atoms with van der Waals surface area (Å²) in [6.07, 6.45) is 2.20. The summed E-state index contributed by atoms with van der Waals surface area (Å²) in [5.41, 5.74) is -1.29. The van der Waals surface area contributed by atoms with Crippen LogP contribution >= 0.6 is 0 Å². The maximum absolute atomic E-state index is 11.8. The largest absolute Gasteiger partial charge is 0.504 e. The van der Waals surface area contributed by atoms with Crippen molar-refractivity contribution in [1.82, 2.24) is 0 Å². The normalized spacial score (nSPS) is 11.5. The van der Waals surface area contributed by atoms with E-state index in [1.54, 1.807) is 12.1 Å². The second-order valence-electron chi connectivity index (χ2n) is 5.53. The standard InChI is InChI=1S/C18H22O4/c1-3-11-18(12-4-2,17(20)21)22-15-10-9-13-7-5-6-8-14(13)16(15)19/h5-10,19H,3-4,11-12H2,1-2H3,(H,20,21). The summed E-state index contributed by atoms with van der Waals surface area (Å²) >= 11 is 0. The first-order chi connectivity index (χ1) is 10.5. The minimum Gasteiger partial charge on any atom is -0.504 e. The van der Waals surface area contributed by atoms with Gasteiger partial charge in [-0.3, -0.25) is 0 Å². The molecule has 0 atom stereocenters. The van der Waals surface area contributed by atoms with Crippen molar-refractivity contribution in [2.45, 2.75) is 45.1 Å². The maximum Gasteiger partial charge on any atom is 0.348 e. The number of fused-ring (bicyclic) bond motifs is 1. The zero-order valence-corrected chi connectivity index (χ0v) is 13.0. The lowest BCUT2D eigenvalue weighted by Gasteiger charge is -2.30. The van der Waals surface area contributed by atoms with Crippen LogP contribution in [0.15, 0.2) is 36.4 Å². The summed E-state index contributed by atoms with van der Waals surface area (Å²) in [4.78, 5) is 11.8. The summed E-state index contributed by atoms with van der Waals surface area (Å²) < 4.78 is 5.83. The number of carboxylic acid groups (broad SMARTS) is 1. The van der Waals surface area contributed by atoms with E-state index >= 15 is 0 Å². The van der Waals surface area contributed by atoms with Crippen LogP contribution in [0.25, 0.3) is 10.8 Å². The lowest BCUT2D eigenvalue weighted by atomic mass is 9.92. The third kappa shape index (κ3) is 3.01. The third-order valence-electron chi connectivity index (χ3n) is 3.87. The van der Waals surface area contributed by atoms with Crippen LogP contribution in [0.5, 0.6) is 11.5 Å². The van der Waals surface area contributed by atoms with Crippen LogP contribution in [0.3, 0.4) is 0 Å². The Balaban J connectivity index is 2.45. The van der Waals surface area contributed by atoms with Gasteiger partial charge in [-0.05, 0) is 24.3 Å². The topological polar surface area (TPSA) is 66.8 Å². The molecular formula is C18H22O4. The quantitative estimate of drug-likeness (QED) is 0.798. The van der Waals surface area contributed by atoms with E-state index < -0.39 is 11.6 Å². The number of hydrogen-bond donors (Lipinski definition) is 2. The van der Waals surface area contributed by atoms with Crippen molar-refractivity contribution in [1.29, 1.82) is 0 Å². The number of aromatic hydroxyl groups is 1. The van der Waals surface area contributed by atoms with Crippen molar-refractivity contribution in [2.24, 2.45) is 0 Å². The smallest absolute Gasteiger partial charge is 0.348 e. The molecule has 22 heavy (non-hydrogen) atoms. The van der Waals surface area contributed by atoms with E-state index in [4.69, 9.17) is 4.74 Å². The molecule has 4 nitrogen and oxygen atoms in total. The first-order valence-electron chi connectivity index (χ1n) is 7.67. The fourth-order valence-electron chi connectivity index (χ4n) is 2.82. The molecule has 2 N–H and O–H groups in total. The number of phenols is 1. The Bertz CT molecular complexity index is 657. The SMILES string of the molecule is CCCC(CCC)(Oc1ccc2ccccc2c1O)C(=O)O. The minimum absolute atomic E-state index is 0.00377. The van der Waals surface area contributed by atoms with Gasteiger partial charge in [0.05, 0.1) is 0 Å². The highest BCUT2D eigenvalue weighted by Gasteiger charge is 2.40. The highest BCUT2D eigenvalue weighted by Crippen LogP contribution is 2.38. The van der Waals surface area contributed by atoms with E-state index in [2.05, 4.69) is 0 Å². The Labute approximate surface area is 130 Å². The van der Waals surface area contributed by atoms with Gasteiger partial charge in [-0.25, -0.2) is 4.79 Å². The van der Waals surface area contributed by atoms with Gasteiger partial charge in [0.2, 0.25) is 5.60 Å². The number of carbonyl (C=O) groups is 1. The van der Waals surface area contributed by atoms with E-state index in [9.17, 15) is 15.0 Å². The van der Waals surface area contributed by atoms with E-state index in [0.29, 0.717) is 31.1 Å². The Morgan fingerprint density at radius 1 is 1.09 bits per heavy atom. The van der Waals surface area contributed by atoms with Gasteiger partial charge in [-0.2, -0.15) is 0 Å². The van der Waals surface area contributed by atoms with Crippen molar-refractivity contribution in [3.63, 3.8) is 0 Å². The number of rotatable bonds is 7. The van der Waals surface area contributed by atoms with Gasteiger partial charge >= 0.3 is 5.97 Å². The van der Waals surface area contributed by atoms with E-state index in [0.717, 1.165) is 5.39 Å². The predicted molar refractivity (Wildman–Crippen MR) is 86.4 cm³/mol. The average molecular weight is 302 g/mol. The van der Waals surface area contributed by atoms with Gasteiger partial charge in [-0.15, -0.1) is 0 Å². The second kappa shape index (κ2) is 6.69. The molecular weight excluding hydrogens is 280 g/mol. The zero-order chi connectivity index (χ0) is 16.2. The van der Waals surface area contributed by atoms with Crippen molar-refractivity contribution in [3.05, 3.63) is 36.4 Å². The van der Waals surface area contributed by atoms with E-state index in [1.807, 2.05) is 38.1 Å². The minimum atomic E-state index is -1.29. The molecule has 0 spiro atoms. The fourth-order valence-corrected chi connectivity index (χ4v) is 2.82. The van der Waals surface area contributed by atoms with Gasteiger partial charge in [0, 0.05) is 5.39 Å². The number of carboxylic acids is 1. The Hall–Kier alpha value is -2.23. The molecule has 0 heterocycles. The van der Waals surface area contributed by atoms with Crippen molar-refractivity contribution in [2.75, 3.05) is 0 Å². The van der Waals surface area contributed by atoms with E-state index in [1.165, 1.54) is 0 Å². The van der Waals surface area contributed by atoms with Gasteiger partial charge < -0.3 is 14.9 Å². The molecule has 4 heteroatoms. The molecule has 118 valence electrons. The summed E-state index contributed by atoms with van der Waals surface area (Å²) in [7, 11) is 0. The third-order valence-corrected chi connectivity index (χ3v) is 3.87. The molecule has 0 saturated heterocycles. The maximum atomic E-state index is 11.8. The number of phenolic OH excluding ortho intramolecular Hbond substituents is 1. The predicted octanol–water partition coefficient (Wildman–Crippen LogP) is 4.35. The van der Waals surface area contributed by atoms with Crippen LogP contribution < -0.4 is 4.74 Å². The molecule has 0 aliphatic rings. The van der Waals surface area contributed by atoms with E-state index in [-0.39, 0.29) is 11.5 Å². The summed E-state index contributed by atoms with van der Waals surface area (Å²) in [6.45, 7) is 3.86. The van der Waals surface area contributed by atoms with Gasteiger partial charge in [-0.1, -0.05) is 57.0 Å². The Morgan fingerprint density at radius 2 is 1.73 bits per heavy atom. The molecule has 2 rings (SSSR count). The molecule has 2 aromatic carbocycles. The number of aliphatic carboxylic acids is 1. The molecule has 2 aromatic rings. The average Bonchev–Trinajstić information content (AvgIpc) is 2.50. The van der Waals surface area contributed by atoms with Crippen LogP contribution in [0.4, 0.5) is 0 Å². The van der Waals surface area contributed by atoms with Crippen LogP contribution in [-0.2, 0) is 4.79 Å². The zero-order valence-electron chi connectivity index (χ0n) is 13.0. The summed E-state index contributed by atoms with van der Waals surface area (Å²) in [5, 5.41) is 21.6. The molecule has 0 unspecified atom stereocenters. The molecule has 0 aliphatic carbocycles. The number of benzene rings is 2. The van der Waals surface area contributed by atoms with Crippen LogP contribution in [-0.4, -0.2) is 21.8 Å². The molecule has 0 aliphatic heterocycles. The van der Waals surface area contributed by atoms with Gasteiger partial charge in [0.15, 0.2) is 11.5 Å².